The van der Waals surface area contributed by atoms with E-state index in [1.165, 1.54) is 0 Å². The minimum absolute atomic E-state index is 0.129. The summed E-state index contributed by atoms with van der Waals surface area (Å²) in [5.41, 5.74) is 0.705. The Morgan fingerprint density at radius 2 is 2.08 bits per heavy atom. The number of hydrogen-bond acceptors (Lipinski definition) is 1. The molecule has 3 nitrogen and oxygen atoms in total. The maximum Gasteiger partial charge on any atom is 0.304 e. The fourth-order valence-electron chi connectivity index (χ4n) is 0.806. The first-order chi connectivity index (χ1) is 6.22. The van der Waals surface area contributed by atoms with Crippen molar-refractivity contribution in [1.29, 1.82) is 0 Å². The minimum Gasteiger partial charge on any atom is -0.320 e. The number of carbonyl (C=O) groups excluding carboxylic acids is 1. The number of rotatable bonds is 2. The quantitative estimate of drug-likeness (QED) is 0.789. The van der Waals surface area contributed by atoms with E-state index in [9.17, 15) is 4.79 Å². The Hall–Kier alpha value is -1.34. The zero-order chi connectivity index (χ0) is 9.68. The second-order valence-corrected chi connectivity index (χ2v) is 3.29. The zero-order valence-corrected chi connectivity index (χ0v) is 8.34. The summed E-state index contributed by atoms with van der Waals surface area (Å²) in [4.78, 5) is 13.9. The molecule has 0 unspecified atom stereocenters. The van der Waals surface area contributed by atoms with Gasteiger partial charge in [-0.05, 0) is 24.3 Å². The Bertz CT molecular complexity index is 340. The highest BCUT2D eigenvalue weighted by Crippen LogP contribution is 2.13. The van der Waals surface area contributed by atoms with Crippen molar-refractivity contribution in [3.63, 3.8) is 0 Å². The summed E-state index contributed by atoms with van der Waals surface area (Å²) in [5.74, 6) is -0.280. The molecule has 0 saturated heterocycles. The van der Waals surface area contributed by atoms with E-state index in [0.29, 0.717) is 5.69 Å². The number of carbonyl (C=O) groups is 1. The van der Waals surface area contributed by atoms with Crippen molar-refractivity contribution >= 4 is 27.5 Å². The van der Waals surface area contributed by atoms with E-state index in [-0.39, 0.29) is 12.5 Å². The molecule has 0 aliphatic heterocycles. The molecule has 0 heterocycles. The lowest BCUT2D eigenvalue weighted by Crippen LogP contribution is -2.13. The van der Waals surface area contributed by atoms with Crippen molar-refractivity contribution in [1.82, 2.24) is 0 Å². The maximum atomic E-state index is 11.0. The summed E-state index contributed by atoms with van der Waals surface area (Å²) in [6.07, 6.45) is 0. The predicted molar refractivity (Wildman–Crippen MR) is 54.2 cm³/mol. The molecule has 0 spiro atoms. The fraction of sp³-hybridized carbons (Fsp3) is 0.111. The third kappa shape index (κ3) is 3.26. The molecule has 0 bridgehead atoms. The van der Waals surface area contributed by atoms with Crippen molar-refractivity contribution in [2.45, 2.75) is 0 Å². The van der Waals surface area contributed by atoms with Crippen molar-refractivity contribution in [2.75, 3.05) is 11.9 Å². The average molecular weight is 239 g/mol. The lowest BCUT2D eigenvalue weighted by molar-refractivity contribution is -0.114. The summed E-state index contributed by atoms with van der Waals surface area (Å²) < 4.78 is 0.954. The van der Waals surface area contributed by atoms with Crippen LogP contribution in [0.1, 0.15) is 0 Å². The monoisotopic (exact) mass is 238 g/mol. The molecule has 0 aliphatic rings. The molecule has 0 saturated carbocycles. The zero-order valence-electron chi connectivity index (χ0n) is 6.75. The Kier molecular flexibility index (Phi) is 3.47. The summed E-state index contributed by atoms with van der Waals surface area (Å²) in [6, 6.07) is 7.19. The van der Waals surface area contributed by atoms with E-state index < -0.39 is 0 Å². The summed E-state index contributed by atoms with van der Waals surface area (Å²) in [5, 5.41) is 2.60. The van der Waals surface area contributed by atoms with Gasteiger partial charge >= 0.3 is 5.91 Å². The van der Waals surface area contributed by atoms with Crippen LogP contribution < -0.4 is 5.32 Å². The molecule has 0 fully saturated rings. The van der Waals surface area contributed by atoms with Gasteiger partial charge in [0.1, 0.15) is 0 Å². The standard InChI is InChI=1S/C9H7BrN2O/c1-11-6-9(13)12-8-4-2-7(10)3-5-8/h2-5H,6H2,(H,12,13). The van der Waals surface area contributed by atoms with E-state index in [0.717, 1.165) is 4.47 Å². The van der Waals surface area contributed by atoms with Crippen LogP contribution in [0.25, 0.3) is 4.85 Å². The van der Waals surface area contributed by atoms with E-state index in [1.54, 1.807) is 12.1 Å². The highest BCUT2D eigenvalue weighted by molar-refractivity contribution is 9.10. The molecule has 1 aromatic carbocycles. The molecule has 1 rings (SSSR count). The lowest BCUT2D eigenvalue weighted by atomic mass is 10.3. The van der Waals surface area contributed by atoms with E-state index in [4.69, 9.17) is 6.57 Å². The third-order valence-electron chi connectivity index (χ3n) is 1.35. The molecule has 0 atom stereocenters. The number of halogens is 1. The highest BCUT2D eigenvalue weighted by Gasteiger charge is 2.02. The molecular formula is C9H7BrN2O. The van der Waals surface area contributed by atoms with Gasteiger partial charge in [-0.15, -0.1) is 0 Å². The van der Waals surface area contributed by atoms with Gasteiger partial charge in [-0.3, -0.25) is 4.79 Å². The Labute approximate surface area is 84.7 Å². The first-order valence-corrected chi connectivity index (χ1v) is 4.40. The maximum absolute atomic E-state index is 11.0. The number of hydrogen-bond donors (Lipinski definition) is 1. The largest absolute Gasteiger partial charge is 0.320 e. The first kappa shape index (κ1) is 9.75. The van der Waals surface area contributed by atoms with E-state index in [2.05, 4.69) is 26.1 Å². The molecule has 0 aliphatic carbocycles. The molecule has 1 aromatic rings. The van der Waals surface area contributed by atoms with Gasteiger partial charge in [0, 0.05) is 10.2 Å². The van der Waals surface area contributed by atoms with Crippen LogP contribution in [-0.2, 0) is 4.79 Å². The van der Waals surface area contributed by atoms with Gasteiger partial charge in [-0.2, -0.15) is 0 Å². The minimum atomic E-state index is -0.280. The van der Waals surface area contributed by atoms with Gasteiger partial charge in [0.15, 0.2) is 0 Å². The molecule has 66 valence electrons. The highest BCUT2D eigenvalue weighted by atomic mass is 79.9. The number of nitrogens with zero attached hydrogens (tertiary/aromatic N) is 1. The SMILES string of the molecule is [C-]#[N+]CC(=O)Nc1ccc(Br)cc1. The molecule has 1 N–H and O–H groups in total. The van der Waals surface area contributed by atoms with Crippen LogP contribution in [0.15, 0.2) is 28.7 Å². The first-order valence-electron chi connectivity index (χ1n) is 3.61. The topological polar surface area (TPSA) is 33.5 Å². The van der Waals surface area contributed by atoms with Gasteiger partial charge in [0.05, 0.1) is 0 Å². The fourth-order valence-corrected chi connectivity index (χ4v) is 1.07. The molecule has 4 heteroatoms. The third-order valence-corrected chi connectivity index (χ3v) is 1.88. The Morgan fingerprint density at radius 1 is 1.46 bits per heavy atom. The van der Waals surface area contributed by atoms with Gasteiger partial charge in [-0.25, -0.2) is 6.57 Å². The average Bonchev–Trinajstić information content (AvgIpc) is 2.09. The summed E-state index contributed by atoms with van der Waals surface area (Å²) in [7, 11) is 0. The second-order valence-electron chi connectivity index (χ2n) is 2.37. The van der Waals surface area contributed by atoms with Crippen LogP contribution in [0.2, 0.25) is 0 Å². The van der Waals surface area contributed by atoms with Crippen LogP contribution in [0, 0.1) is 6.57 Å². The molecule has 0 aromatic heterocycles. The van der Waals surface area contributed by atoms with Crippen molar-refractivity contribution in [2.24, 2.45) is 0 Å². The van der Waals surface area contributed by atoms with Gasteiger partial charge in [0.25, 0.3) is 6.54 Å². The molecule has 13 heavy (non-hydrogen) atoms. The van der Waals surface area contributed by atoms with Crippen LogP contribution in [0.4, 0.5) is 5.69 Å². The van der Waals surface area contributed by atoms with E-state index >= 15 is 0 Å². The second kappa shape index (κ2) is 4.63. The van der Waals surface area contributed by atoms with Crippen LogP contribution in [0.3, 0.4) is 0 Å². The van der Waals surface area contributed by atoms with Crippen LogP contribution in [0.5, 0.6) is 0 Å². The number of amides is 1. The van der Waals surface area contributed by atoms with Crippen molar-refractivity contribution < 1.29 is 4.79 Å². The smallest absolute Gasteiger partial charge is 0.304 e. The van der Waals surface area contributed by atoms with E-state index in [1.807, 2.05) is 12.1 Å². The van der Waals surface area contributed by atoms with Gasteiger partial charge in [-0.1, -0.05) is 15.9 Å². The lowest BCUT2D eigenvalue weighted by Gasteiger charge is -2.00. The van der Waals surface area contributed by atoms with Gasteiger partial charge < -0.3 is 10.2 Å². The number of nitrogens with one attached hydrogen (secondary N) is 1. The number of benzene rings is 1. The summed E-state index contributed by atoms with van der Waals surface area (Å²) >= 11 is 3.28. The molecule has 0 radical (unpaired) electrons. The van der Waals surface area contributed by atoms with Gasteiger partial charge in [0.2, 0.25) is 0 Å². The Morgan fingerprint density at radius 3 is 2.62 bits per heavy atom. The van der Waals surface area contributed by atoms with Crippen LogP contribution in [-0.4, -0.2) is 12.5 Å². The van der Waals surface area contributed by atoms with Crippen molar-refractivity contribution in [3.05, 3.63) is 40.2 Å². The number of anilines is 1. The predicted octanol–water partition coefficient (Wildman–Crippen LogP) is 2.31. The Balaban J connectivity index is 2.60. The summed E-state index contributed by atoms with van der Waals surface area (Å²) in [6.45, 7) is 6.36. The molecule has 1 amide bonds. The molecular weight excluding hydrogens is 232 g/mol. The van der Waals surface area contributed by atoms with Crippen LogP contribution >= 0.6 is 15.9 Å². The normalized spacial score (nSPS) is 8.92. The van der Waals surface area contributed by atoms with Crippen molar-refractivity contribution in [3.8, 4) is 0 Å².